The summed E-state index contributed by atoms with van der Waals surface area (Å²) in [6, 6.07) is 3.04. The van der Waals surface area contributed by atoms with Crippen LogP contribution in [0.15, 0.2) is 27.8 Å². The highest BCUT2D eigenvalue weighted by atomic mass is 16.5. The van der Waals surface area contributed by atoms with Crippen LogP contribution in [0.5, 0.6) is 0 Å². The zero-order valence-electron chi connectivity index (χ0n) is 8.46. The molecule has 0 fully saturated rings. The van der Waals surface area contributed by atoms with Gasteiger partial charge in [-0.15, -0.1) is 0 Å². The Balaban J connectivity index is 2.17. The molecule has 16 heavy (non-hydrogen) atoms. The SMILES string of the molecule is O=C(O)CCCN=COC(=O)c1ccco1. The van der Waals surface area contributed by atoms with E-state index in [0.717, 1.165) is 6.40 Å². The van der Waals surface area contributed by atoms with Gasteiger partial charge in [0.15, 0.2) is 6.40 Å². The zero-order chi connectivity index (χ0) is 11.8. The maximum absolute atomic E-state index is 11.1. The molecule has 0 saturated heterocycles. The van der Waals surface area contributed by atoms with Gasteiger partial charge in [-0.2, -0.15) is 0 Å². The van der Waals surface area contributed by atoms with E-state index < -0.39 is 11.9 Å². The molecule has 0 saturated carbocycles. The normalized spacial score (nSPS) is 10.5. The van der Waals surface area contributed by atoms with Crippen LogP contribution in [0.2, 0.25) is 0 Å². The maximum Gasteiger partial charge on any atom is 0.380 e. The van der Waals surface area contributed by atoms with Crippen LogP contribution in [0, 0.1) is 0 Å². The highest BCUT2D eigenvalue weighted by Gasteiger charge is 2.07. The lowest BCUT2D eigenvalue weighted by molar-refractivity contribution is -0.137. The minimum absolute atomic E-state index is 0.0451. The Morgan fingerprint density at radius 1 is 1.56 bits per heavy atom. The van der Waals surface area contributed by atoms with Crippen LogP contribution in [-0.4, -0.2) is 30.0 Å². The van der Waals surface area contributed by atoms with Gasteiger partial charge in [0.25, 0.3) is 0 Å². The number of carboxylic acid groups (broad SMARTS) is 1. The highest BCUT2D eigenvalue weighted by molar-refractivity contribution is 5.90. The summed E-state index contributed by atoms with van der Waals surface area (Å²) in [5.41, 5.74) is 0. The molecule has 86 valence electrons. The number of aliphatic imine (C=N–C) groups is 1. The number of carbonyl (C=O) groups excluding carboxylic acids is 1. The molecule has 6 heteroatoms. The Morgan fingerprint density at radius 3 is 3.00 bits per heavy atom. The molecule has 0 aliphatic carbocycles. The molecule has 1 aromatic rings. The smallest absolute Gasteiger partial charge is 0.380 e. The van der Waals surface area contributed by atoms with E-state index in [4.69, 9.17) is 9.52 Å². The van der Waals surface area contributed by atoms with E-state index in [0.29, 0.717) is 13.0 Å². The van der Waals surface area contributed by atoms with Gasteiger partial charge in [0.2, 0.25) is 5.76 Å². The van der Waals surface area contributed by atoms with Crippen molar-refractivity contribution in [3.63, 3.8) is 0 Å². The molecule has 0 bridgehead atoms. The van der Waals surface area contributed by atoms with Gasteiger partial charge < -0.3 is 14.3 Å². The second kappa shape index (κ2) is 6.39. The molecular weight excluding hydrogens is 214 g/mol. The van der Waals surface area contributed by atoms with Gasteiger partial charge in [0.1, 0.15) is 0 Å². The summed E-state index contributed by atoms with van der Waals surface area (Å²) in [6.45, 7) is 0.303. The van der Waals surface area contributed by atoms with Crippen molar-refractivity contribution in [3.05, 3.63) is 24.2 Å². The topological polar surface area (TPSA) is 89.1 Å². The average Bonchev–Trinajstić information content (AvgIpc) is 2.75. The molecule has 6 nitrogen and oxygen atoms in total. The van der Waals surface area contributed by atoms with Gasteiger partial charge in [-0.25, -0.2) is 4.79 Å². The van der Waals surface area contributed by atoms with E-state index in [1.807, 2.05) is 0 Å². The van der Waals surface area contributed by atoms with Gasteiger partial charge in [0.05, 0.1) is 6.26 Å². The minimum Gasteiger partial charge on any atom is -0.481 e. The Hall–Kier alpha value is -2.11. The van der Waals surface area contributed by atoms with Crippen LogP contribution in [0.1, 0.15) is 23.4 Å². The fourth-order valence-corrected chi connectivity index (χ4v) is 0.912. The Morgan fingerprint density at radius 2 is 2.38 bits per heavy atom. The summed E-state index contributed by atoms with van der Waals surface area (Å²) >= 11 is 0. The number of aliphatic carboxylic acids is 1. The van der Waals surface area contributed by atoms with Crippen LogP contribution in [0.4, 0.5) is 0 Å². The number of furan rings is 1. The monoisotopic (exact) mass is 225 g/mol. The lowest BCUT2D eigenvalue weighted by Gasteiger charge is -1.94. The first-order valence-corrected chi connectivity index (χ1v) is 4.64. The molecule has 0 spiro atoms. The molecule has 1 aromatic heterocycles. The van der Waals surface area contributed by atoms with Gasteiger partial charge in [-0.1, -0.05) is 0 Å². The average molecular weight is 225 g/mol. The molecule has 0 aromatic carbocycles. The summed E-state index contributed by atoms with van der Waals surface area (Å²) < 4.78 is 9.41. The summed E-state index contributed by atoms with van der Waals surface area (Å²) in [5, 5.41) is 8.33. The third kappa shape index (κ3) is 4.41. The predicted octanol–water partition coefficient (Wildman–Crippen LogP) is 1.33. The van der Waals surface area contributed by atoms with Crippen LogP contribution in [0.25, 0.3) is 0 Å². The Labute approximate surface area is 91.5 Å². The highest BCUT2D eigenvalue weighted by Crippen LogP contribution is 2.01. The molecule has 0 unspecified atom stereocenters. The van der Waals surface area contributed by atoms with Gasteiger partial charge >= 0.3 is 11.9 Å². The van der Waals surface area contributed by atoms with E-state index in [9.17, 15) is 9.59 Å². The maximum atomic E-state index is 11.1. The number of hydrogen-bond donors (Lipinski definition) is 1. The molecule has 0 atom stereocenters. The van der Waals surface area contributed by atoms with Crippen molar-refractivity contribution in [2.45, 2.75) is 12.8 Å². The standard InChI is InChI=1S/C10H11NO5/c12-9(13)4-1-5-11-7-16-10(14)8-3-2-6-15-8/h2-3,6-7H,1,4-5H2,(H,12,13). The van der Waals surface area contributed by atoms with E-state index in [-0.39, 0.29) is 12.2 Å². The summed E-state index contributed by atoms with van der Waals surface area (Å²) in [5.74, 6) is -1.41. The summed E-state index contributed by atoms with van der Waals surface area (Å²) in [6.07, 6.45) is 2.81. The third-order valence-electron chi connectivity index (χ3n) is 1.63. The first kappa shape index (κ1) is 12.0. The van der Waals surface area contributed by atoms with Gasteiger partial charge in [-0.05, 0) is 18.6 Å². The number of rotatable bonds is 6. The molecular formula is C10H11NO5. The first-order valence-electron chi connectivity index (χ1n) is 4.64. The van der Waals surface area contributed by atoms with E-state index in [1.54, 1.807) is 6.07 Å². The van der Waals surface area contributed by atoms with Crippen molar-refractivity contribution >= 4 is 18.3 Å². The molecule has 0 amide bonds. The largest absolute Gasteiger partial charge is 0.481 e. The van der Waals surface area contributed by atoms with Crippen molar-refractivity contribution in [1.82, 2.24) is 0 Å². The van der Waals surface area contributed by atoms with Crippen LogP contribution in [0.3, 0.4) is 0 Å². The quantitative estimate of drug-likeness (QED) is 0.341. The van der Waals surface area contributed by atoms with Crippen molar-refractivity contribution in [2.75, 3.05) is 6.54 Å². The second-order valence-corrected chi connectivity index (χ2v) is 2.89. The zero-order valence-corrected chi connectivity index (χ0v) is 8.46. The molecule has 0 aliphatic heterocycles. The number of nitrogens with zero attached hydrogens (tertiary/aromatic N) is 1. The van der Waals surface area contributed by atoms with Crippen LogP contribution in [-0.2, 0) is 9.53 Å². The van der Waals surface area contributed by atoms with E-state index >= 15 is 0 Å². The molecule has 0 aliphatic rings. The van der Waals surface area contributed by atoms with Crippen molar-refractivity contribution in [2.24, 2.45) is 4.99 Å². The number of esters is 1. The van der Waals surface area contributed by atoms with Crippen LogP contribution >= 0.6 is 0 Å². The molecule has 1 rings (SSSR count). The van der Waals surface area contributed by atoms with Crippen LogP contribution < -0.4 is 0 Å². The Kier molecular flexibility index (Phi) is 4.78. The number of carboxylic acids is 1. The van der Waals surface area contributed by atoms with E-state index in [1.165, 1.54) is 12.3 Å². The minimum atomic E-state index is -0.872. The number of hydrogen-bond acceptors (Lipinski definition) is 5. The number of ether oxygens (including phenoxy) is 1. The summed E-state index contributed by atoms with van der Waals surface area (Å²) in [7, 11) is 0. The van der Waals surface area contributed by atoms with Crippen molar-refractivity contribution in [1.29, 1.82) is 0 Å². The lowest BCUT2D eigenvalue weighted by atomic mass is 10.3. The third-order valence-corrected chi connectivity index (χ3v) is 1.63. The van der Waals surface area contributed by atoms with E-state index in [2.05, 4.69) is 9.73 Å². The first-order chi connectivity index (χ1) is 7.70. The Bertz CT molecular complexity index is 369. The van der Waals surface area contributed by atoms with Crippen molar-refractivity contribution in [3.8, 4) is 0 Å². The molecule has 1 heterocycles. The number of carbonyl (C=O) groups is 2. The van der Waals surface area contributed by atoms with Crippen molar-refractivity contribution < 1.29 is 23.8 Å². The second-order valence-electron chi connectivity index (χ2n) is 2.89. The summed E-state index contributed by atoms with van der Waals surface area (Å²) in [4.78, 5) is 25.0. The lowest BCUT2D eigenvalue weighted by Crippen LogP contribution is -2.02. The van der Waals surface area contributed by atoms with Gasteiger partial charge in [-0.3, -0.25) is 9.79 Å². The fourth-order valence-electron chi connectivity index (χ4n) is 0.912. The van der Waals surface area contributed by atoms with Gasteiger partial charge in [0, 0.05) is 13.0 Å². The predicted molar refractivity (Wildman–Crippen MR) is 54.4 cm³/mol. The molecule has 0 radical (unpaired) electrons. The fraction of sp³-hybridized carbons (Fsp3) is 0.300. The molecule has 1 N–H and O–H groups in total.